The summed E-state index contributed by atoms with van der Waals surface area (Å²) >= 11 is 0. The number of aliphatic hydroxyl groups excluding tert-OH is 1. The predicted molar refractivity (Wildman–Crippen MR) is 70.9 cm³/mol. The number of carbonyl (C=O) groups is 2. The van der Waals surface area contributed by atoms with Crippen LogP contribution in [0.2, 0.25) is 0 Å². The first-order valence-corrected chi connectivity index (χ1v) is 6.37. The van der Waals surface area contributed by atoms with Gasteiger partial charge in [0, 0.05) is 18.4 Å². The Morgan fingerprint density at radius 1 is 1.47 bits per heavy atom. The van der Waals surface area contributed by atoms with Crippen molar-refractivity contribution in [3.05, 3.63) is 23.8 Å². The van der Waals surface area contributed by atoms with Crippen LogP contribution in [0.5, 0.6) is 0 Å². The number of hydrogen-bond acceptors (Lipinski definition) is 3. The molecule has 0 radical (unpaired) electrons. The third-order valence-corrected chi connectivity index (χ3v) is 4.02. The minimum absolute atomic E-state index is 0.0184. The van der Waals surface area contributed by atoms with E-state index < -0.39 is 5.41 Å². The summed E-state index contributed by atoms with van der Waals surface area (Å²) in [6, 6.07) is 5.49. The van der Waals surface area contributed by atoms with Crippen molar-refractivity contribution in [3.8, 4) is 0 Å². The Morgan fingerprint density at radius 2 is 2.21 bits per heavy atom. The SMILES string of the molecule is CN(C(=O)C1(CO)CC1)c1ccc2c(c1)CC(=O)N2. The van der Waals surface area contributed by atoms with Crippen LogP contribution in [0.3, 0.4) is 0 Å². The normalized spacial score (nSPS) is 18.7. The number of rotatable bonds is 3. The van der Waals surface area contributed by atoms with Gasteiger partial charge in [-0.3, -0.25) is 9.59 Å². The number of benzene rings is 1. The number of carbonyl (C=O) groups excluding carboxylic acids is 2. The number of nitrogens with one attached hydrogen (secondary N) is 1. The van der Waals surface area contributed by atoms with Gasteiger partial charge in [0.15, 0.2) is 0 Å². The zero-order valence-electron chi connectivity index (χ0n) is 10.8. The summed E-state index contributed by atoms with van der Waals surface area (Å²) in [7, 11) is 1.71. The second-order valence-corrected chi connectivity index (χ2v) is 5.37. The van der Waals surface area contributed by atoms with E-state index >= 15 is 0 Å². The number of anilines is 2. The fourth-order valence-corrected chi connectivity index (χ4v) is 2.49. The van der Waals surface area contributed by atoms with Crippen molar-refractivity contribution in [1.29, 1.82) is 0 Å². The second-order valence-electron chi connectivity index (χ2n) is 5.37. The Hall–Kier alpha value is -1.88. The Bertz CT molecular complexity index is 564. The van der Waals surface area contributed by atoms with Crippen molar-refractivity contribution < 1.29 is 14.7 Å². The Kier molecular flexibility index (Phi) is 2.60. The summed E-state index contributed by atoms with van der Waals surface area (Å²) in [5, 5.41) is 12.1. The fraction of sp³-hybridized carbons (Fsp3) is 0.429. The maximum Gasteiger partial charge on any atom is 0.235 e. The molecule has 0 bridgehead atoms. The number of hydrogen-bond donors (Lipinski definition) is 2. The molecule has 1 aromatic rings. The molecular formula is C14H16N2O3. The minimum atomic E-state index is -0.568. The van der Waals surface area contributed by atoms with E-state index in [0.717, 1.165) is 29.8 Å². The van der Waals surface area contributed by atoms with E-state index in [1.165, 1.54) is 0 Å². The van der Waals surface area contributed by atoms with Gasteiger partial charge in [0.05, 0.1) is 18.4 Å². The minimum Gasteiger partial charge on any atom is -0.395 e. The molecule has 1 fully saturated rings. The molecule has 0 atom stereocenters. The predicted octanol–water partition coefficient (Wildman–Crippen LogP) is 0.916. The van der Waals surface area contributed by atoms with Gasteiger partial charge in [-0.1, -0.05) is 0 Å². The Balaban J connectivity index is 1.85. The van der Waals surface area contributed by atoms with E-state index in [1.807, 2.05) is 18.2 Å². The number of aliphatic hydroxyl groups is 1. The molecule has 100 valence electrons. The highest BCUT2D eigenvalue weighted by Gasteiger charge is 2.50. The average Bonchev–Trinajstić information content (AvgIpc) is 3.12. The van der Waals surface area contributed by atoms with E-state index in [0.29, 0.717) is 6.42 Å². The first-order valence-electron chi connectivity index (χ1n) is 6.37. The standard InChI is InChI=1S/C14H16N2O3/c1-16(13(19)14(8-17)4-5-14)10-2-3-11-9(6-10)7-12(18)15-11/h2-3,6,17H,4-5,7-8H2,1H3,(H,15,18). The van der Waals surface area contributed by atoms with Crippen LogP contribution in [-0.4, -0.2) is 30.6 Å². The third kappa shape index (κ3) is 1.90. The highest BCUT2D eigenvalue weighted by molar-refractivity contribution is 6.02. The summed E-state index contributed by atoms with van der Waals surface area (Å²) in [5.41, 5.74) is 1.93. The fourth-order valence-electron chi connectivity index (χ4n) is 2.49. The summed E-state index contributed by atoms with van der Waals surface area (Å²) in [4.78, 5) is 25.2. The molecule has 1 aromatic carbocycles. The average molecular weight is 260 g/mol. The zero-order valence-corrected chi connectivity index (χ0v) is 10.8. The van der Waals surface area contributed by atoms with Gasteiger partial charge in [-0.05, 0) is 36.6 Å². The molecule has 1 heterocycles. The van der Waals surface area contributed by atoms with Crippen molar-refractivity contribution in [2.45, 2.75) is 19.3 Å². The van der Waals surface area contributed by atoms with Crippen LogP contribution in [0.4, 0.5) is 11.4 Å². The summed E-state index contributed by atoms with van der Waals surface area (Å²) in [6.45, 7) is -0.0961. The second kappa shape index (κ2) is 4.06. The number of amides is 2. The topological polar surface area (TPSA) is 69.6 Å². The molecule has 2 aliphatic rings. The molecule has 3 rings (SSSR count). The van der Waals surface area contributed by atoms with E-state index in [2.05, 4.69) is 5.32 Å². The van der Waals surface area contributed by atoms with Crippen LogP contribution in [0.15, 0.2) is 18.2 Å². The molecule has 5 heteroatoms. The number of nitrogens with zero attached hydrogens (tertiary/aromatic N) is 1. The number of fused-ring (bicyclic) bond motifs is 1. The van der Waals surface area contributed by atoms with E-state index in [-0.39, 0.29) is 18.4 Å². The summed E-state index contributed by atoms with van der Waals surface area (Å²) in [6.07, 6.45) is 1.85. The van der Waals surface area contributed by atoms with Crippen molar-refractivity contribution in [1.82, 2.24) is 0 Å². The molecular weight excluding hydrogens is 244 g/mol. The van der Waals surface area contributed by atoms with E-state index in [4.69, 9.17) is 0 Å². The lowest BCUT2D eigenvalue weighted by molar-refractivity contribution is -0.124. The van der Waals surface area contributed by atoms with Crippen LogP contribution in [-0.2, 0) is 16.0 Å². The zero-order chi connectivity index (χ0) is 13.6. The van der Waals surface area contributed by atoms with Crippen LogP contribution in [0, 0.1) is 5.41 Å². The highest BCUT2D eigenvalue weighted by atomic mass is 16.3. The van der Waals surface area contributed by atoms with Crippen LogP contribution in [0.1, 0.15) is 18.4 Å². The smallest absolute Gasteiger partial charge is 0.235 e. The summed E-state index contributed by atoms with van der Waals surface area (Å²) < 4.78 is 0. The quantitative estimate of drug-likeness (QED) is 0.849. The van der Waals surface area contributed by atoms with E-state index in [1.54, 1.807) is 11.9 Å². The summed E-state index contributed by atoms with van der Waals surface area (Å²) in [5.74, 6) is -0.0672. The molecule has 2 amide bonds. The molecule has 0 aromatic heterocycles. The van der Waals surface area contributed by atoms with Crippen molar-refractivity contribution in [2.24, 2.45) is 5.41 Å². The molecule has 1 saturated carbocycles. The van der Waals surface area contributed by atoms with Crippen LogP contribution < -0.4 is 10.2 Å². The van der Waals surface area contributed by atoms with Crippen LogP contribution in [0.25, 0.3) is 0 Å². The lowest BCUT2D eigenvalue weighted by Crippen LogP contribution is -2.36. The van der Waals surface area contributed by atoms with Crippen molar-refractivity contribution >= 4 is 23.2 Å². The van der Waals surface area contributed by atoms with Gasteiger partial charge >= 0.3 is 0 Å². The largest absolute Gasteiger partial charge is 0.395 e. The lowest BCUT2D eigenvalue weighted by atomic mass is 10.1. The molecule has 0 spiro atoms. The Morgan fingerprint density at radius 3 is 2.84 bits per heavy atom. The monoisotopic (exact) mass is 260 g/mol. The Labute approximate surface area is 111 Å². The third-order valence-electron chi connectivity index (χ3n) is 4.02. The van der Waals surface area contributed by atoms with Gasteiger partial charge in [0.2, 0.25) is 11.8 Å². The van der Waals surface area contributed by atoms with E-state index in [9.17, 15) is 14.7 Å². The molecule has 5 nitrogen and oxygen atoms in total. The van der Waals surface area contributed by atoms with Crippen molar-refractivity contribution in [3.63, 3.8) is 0 Å². The van der Waals surface area contributed by atoms with Gasteiger partial charge in [-0.25, -0.2) is 0 Å². The first kappa shape index (κ1) is 12.2. The van der Waals surface area contributed by atoms with Gasteiger partial charge < -0.3 is 15.3 Å². The molecule has 2 N–H and O–H groups in total. The molecule has 1 aliphatic carbocycles. The van der Waals surface area contributed by atoms with Gasteiger partial charge in [0.1, 0.15) is 0 Å². The molecule has 0 unspecified atom stereocenters. The molecule has 1 aliphatic heterocycles. The molecule has 0 saturated heterocycles. The van der Waals surface area contributed by atoms with Gasteiger partial charge in [-0.15, -0.1) is 0 Å². The first-order chi connectivity index (χ1) is 9.05. The molecule has 19 heavy (non-hydrogen) atoms. The highest BCUT2D eigenvalue weighted by Crippen LogP contribution is 2.47. The van der Waals surface area contributed by atoms with Gasteiger partial charge in [0.25, 0.3) is 0 Å². The maximum atomic E-state index is 12.3. The van der Waals surface area contributed by atoms with Crippen LogP contribution >= 0.6 is 0 Å². The lowest BCUT2D eigenvalue weighted by Gasteiger charge is -2.22. The van der Waals surface area contributed by atoms with Crippen molar-refractivity contribution in [2.75, 3.05) is 23.9 Å². The van der Waals surface area contributed by atoms with Gasteiger partial charge in [-0.2, -0.15) is 0 Å². The maximum absolute atomic E-state index is 12.3.